The maximum absolute atomic E-state index is 11.5. The third-order valence-corrected chi connectivity index (χ3v) is 2.40. The summed E-state index contributed by atoms with van der Waals surface area (Å²) in [6.07, 6.45) is 0. The first-order chi connectivity index (χ1) is 9.02. The van der Waals surface area contributed by atoms with E-state index >= 15 is 0 Å². The SMILES string of the molecule is CC(=O)NCC(=O)Nc1ccc(Cl)c(C#CCN)c1. The maximum Gasteiger partial charge on any atom is 0.243 e. The zero-order valence-corrected chi connectivity index (χ0v) is 11.2. The fraction of sp³-hybridized carbons (Fsp3) is 0.231. The smallest absolute Gasteiger partial charge is 0.243 e. The minimum Gasteiger partial charge on any atom is -0.347 e. The van der Waals surface area contributed by atoms with Crippen LogP contribution in [-0.4, -0.2) is 24.9 Å². The summed E-state index contributed by atoms with van der Waals surface area (Å²) in [5, 5.41) is 5.52. The molecule has 1 rings (SSSR count). The average Bonchev–Trinajstić information content (AvgIpc) is 2.37. The highest BCUT2D eigenvalue weighted by molar-refractivity contribution is 6.31. The number of benzene rings is 1. The molecular weight excluding hydrogens is 266 g/mol. The molecule has 100 valence electrons. The van der Waals surface area contributed by atoms with Crippen LogP contribution >= 0.6 is 11.6 Å². The van der Waals surface area contributed by atoms with Gasteiger partial charge in [0.2, 0.25) is 11.8 Å². The zero-order chi connectivity index (χ0) is 14.3. The van der Waals surface area contributed by atoms with E-state index in [0.29, 0.717) is 16.3 Å². The van der Waals surface area contributed by atoms with E-state index in [0.717, 1.165) is 0 Å². The summed E-state index contributed by atoms with van der Waals surface area (Å²) in [4.78, 5) is 22.2. The second-order valence-corrected chi connectivity index (χ2v) is 4.07. The molecule has 2 amide bonds. The Kier molecular flexibility index (Phi) is 5.86. The average molecular weight is 280 g/mol. The van der Waals surface area contributed by atoms with Gasteiger partial charge >= 0.3 is 0 Å². The van der Waals surface area contributed by atoms with Gasteiger partial charge in [-0.15, -0.1) is 0 Å². The summed E-state index contributed by atoms with van der Waals surface area (Å²) < 4.78 is 0. The largest absolute Gasteiger partial charge is 0.347 e. The van der Waals surface area contributed by atoms with E-state index in [4.69, 9.17) is 17.3 Å². The highest BCUT2D eigenvalue weighted by Gasteiger charge is 2.05. The molecule has 0 aliphatic rings. The Morgan fingerprint density at radius 3 is 2.79 bits per heavy atom. The van der Waals surface area contributed by atoms with E-state index in [9.17, 15) is 9.59 Å². The summed E-state index contributed by atoms with van der Waals surface area (Å²) in [6, 6.07) is 4.94. The normalized spacial score (nSPS) is 9.21. The fourth-order valence-electron chi connectivity index (χ4n) is 1.26. The summed E-state index contributed by atoms with van der Waals surface area (Å²) in [6.45, 7) is 1.49. The number of amides is 2. The topological polar surface area (TPSA) is 84.2 Å². The van der Waals surface area contributed by atoms with Crippen molar-refractivity contribution >= 4 is 29.1 Å². The highest BCUT2D eigenvalue weighted by Crippen LogP contribution is 2.19. The second kappa shape index (κ2) is 7.41. The van der Waals surface area contributed by atoms with Crippen LogP contribution in [0, 0.1) is 11.8 Å². The van der Waals surface area contributed by atoms with Gasteiger partial charge in [0, 0.05) is 18.2 Å². The van der Waals surface area contributed by atoms with E-state index in [1.165, 1.54) is 6.92 Å². The van der Waals surface area contributed by atoms with Crippen molar-refractivity contribution in [1.29, 1.82) is 0 Å². The number of carbonyl (C=O) groups is 2. The van der Waals surface area contributed by atoms with Gasteiger partial charge in [-0.3, -0.25) is 9.59 Å². The zero-order valence-electron chi connectivity index (χ0n) is 10.4. The number of carbonyl (C=O) groups excluding carboxylic acids is 2. The number of hydrogen-bond acceptors (Lipinski definition) is 3. The van der Waals surface area contributed by atoms with Gasteiger partial charge in [0.15, 0.2) is 0 Å². The van der Waals surface area contributed by atoms with Crippen molar-refractivity contribution in [2.45, 2.75) is 6.92 Å². The van der Waals surface area contributed by atoms with Crippen molar-refractivity contribution in [2.24, 2.45) is 5.73 Å². The molecule has 1 aromatic carbocycles. The summed E-state index contributed by atoms with van der Waals surface area (Å²) in [5.41, 5.74) is 6.43. The van der Waals surface area contributed by atoms with Gasteiger partial charge in [-0.05, 0) is 18.2 Å². The minimum atomic E-state index is -0.324. The van der Waals surface area contributed by atoms with Gasteiger partial charge in [-0.1, -0.05) is 23.4 Å². The lowest BCUT2D eigenvalue weighted by atomic mass is 10.2. The predicted octanol–water partition coefficient (Wildman–Crippen LogP) is 0.725. The highest BCUT2D eigenvalue weighted by atomic mass is 35.5. The van der Waals surface area contributed by atoms with Crippen LogP contribution in [-0.2, 0) is 9.59 Å². The molecule has 0 aliphatic carbocycles. The van der Waals surface area contributed by atoms with Crippen LogP contribution in [0.4, 0.5) is 5.69 Å². The van der Waals surface area contributed by atoms with Gasteiger partial charge in [0.25, 0.3) is 0 Å². The van der Waals surface area contributed by atoms with Crippen molar-refractivity contribution in [3.63, 3.8) is 0 Å². The molecule has 0 aromatic heterocycles. The monoisotopic (exact) mass is 279 g/mol. The molecule has 5 nitrogen and oxygen atoms in total. The number of nitrogens with two attached hydrogens (primary N) is 1. The van der Waals surface area contributed by atoms with Crippen LogP contribution in [0.1, 0.15) is 12.5 Å². The molecule has 19 heavy (non-hydrogen) atoms. The van der Waals surface area contributed by atoms with Crippen LogP contribution in [0.15, 0.2) is 18.2 Å². The van der Waals surface area contributed by atoms with Crippen molar-refractivity contribution in [2.75, 3.05) is 18.4 Å². The lowest BCUT2D eigenvalue weighted by molar-refractivity contribution is -0.122. The van der Waals surface area contributed by atoms with Crippen molar-refractivity contribution in [3.05, 3.63) is 28.8 Å². The van der Waals surface area contributed by atoms with Crippen LogP contribution in [0.5, 0.6) is 0 Å². The van der Waals surface area contributed by atoms with Gasteiger partial charge in [-0.2, -0.15) is 0 Å². The van der Waals surface area contributed by atoms with Crippen molar-refractivity contribution in [1.82, 2.24) is 5.32 Å². The third-order valence-electron chi connectivity index (χ3n) is 2.07. The Morgan fingerprint density at radius 2 is 2.16 bits per heavy atom. The molecule has 0 saturated heterocycles. The number of nitrogens with one attached hydrogen (secondary N) is 2. The van der Waals surface area contributed by atoms with E-state index in [1.54, 1.807) is 18.2 Å². The molecule has 0 atom stereocenters. The molecule has 1 aromatic rings. The molecular formula is C13H14ClN3O2. The van der Waals surface area contributed by atoms with Crippen molar-refractivity contribution < 1.29 is 9.59 Å². The van der Waals surface area contributed by atoms with E-state index in [-0.39, 0.29) is 24.9 Å². The van der Waals surface area contributed by atoms with E-state index in [1.807, 2.05) is 0 Å². The molecule has 0 saturated carbocycles. The molecule has 0 spiro atoms. The Balaban J connectivity index is 2.74. The standard InChI is InChI=1S/C13H14ClN3O2/c1-9(18)16-8-13(19)17-11-4-5-12(14)10(7-11)3-2-6-15/h4-5,7H,6,8,15H2,1H3,(H,16,18)(H,17,19). The Bertz CT molecular complexity index is 547. The predicted molar refractivity (Wildman–Crippen MR) is 74.7 cm³/mol. The third kappa shape index (κ3) is 5.42. The number of halogens is 1. The summed E-state index contributed by atoms with van der Waals surface area (Å²) in [5.74, 6) is 4.91. The molecule has 0 heterocycles. The number of hydrogen-bond donors (Lipinski definition) is 3. The van der Waals surface area contributed by atoms with Crippen LogP contribution < -0.4 is 16.4 Å². The van der Waals surface area contributed by atoms with Crippen LogP contribution in [0.3, 0.4) is 0 Å². The Labute approximate surface area is 116 Å². The molecule has 0 bridgehead atoms. The van der Waals surface area contributed by atoms with Gasteiger partial charge in [-0.25, -0.2) is 0 Å². The van der Waals surface area contributed by atoms with Crippen molar-refractivity contribution in [3.8, 4) is 11.8 Å². The quantitative estimate of drug-likeness (QED) is 0.713. The van der Waals surface area contributed by atoms with E-state index in [2.05, 4.69) is 22.5 Å². The second-order valence-electron chi connectivity index (χ2n) is 3.66. The van der Waals surface area contributed by atoms with E-state index < -0.39 is 0 Å². The molecule has 6 heteroatoms. The Hall–Kier alpha value is -2.03. The Morgan fingerprint density at radius 1 is 1.42 bits per heavy atom. The summed E-state index contributed by atoms with van der Waals surface area (Å²) >= 11 is 5.96. The number of rotatable bonds is 3. The first-order valence-electron chi connectivity index (χ1n) is 5.55. The number of anilines is 1. The summed E-state index contributed by atoms with van der Waals surface area (Å²) in [7, 11) is 0. The first kappa shape index (κ1) is 15.0. The first-order valence-corrected chi connectivity index (χ1v) is 5.93. The van der Waals surface area contributed by atoms with Gasteiger partial charge in [0.1, 0.15) is 0 Å². The molecule has 0 fully saturated rings. The lowest BCUT2D eigenvalue weighted by Gasteiger charge is -2.06. The minimum absolute atomic E-state index is 0.0816. The molecule has 4 N–H and O–H groups in total. The molecule has 0 aliphatic heterocycles. The molecule has 0 radical (unpaired) electrons. The fourth-order valence-corrected chi connectivity index (χ4v) is 1.42. The van der Waals surface area contributed by atoms with Crippen LogP contribution in [0.2, 0.25) is 5.02 Å². The molecule has 0 unspecified atom stereocenters. The van der Waals surface area contributed by atoms with Gasteiger partial charge < -0.3 is 16.4 Å². The maximum atomic E-state index is 11.5. The van der Waals surface area contributed by atoms with Gasteiger partial charge in [0.05, 0.1) is 18.1 Å². The van der Waals surface area contributed by atoms with Crippen LogP contribution in [0.25, 0.3) is 0 Å². The lowest BCUT2D eigenvalue weighted by Crippen LogP contribution is -2.31.